The quantitative estimate of drug-likeness (QED) is 0.0703. The van der Waals surface area contributed by atoms with Gasteiger partial charge in [0.1, 0.15) is 5.75 Å². The van der Waals surface area contributed by atoms with Gasteiger partial charge in [-0.15, -0.1) is 0 Å². The smallest absolute Gasteiger partial charge is 0.119 e. The van der Waals surface area contributed by atoms with Gasteiger partial charge in [0.15, 0.2) is 0 Å². The van der Waals surface area contributed by atoms with E-state index >= 15 is 0 Å². The van der Waals surface area contributed by atoms with Gasteiger partial charge < -0.3 is 9.30 Å². The van der Waals surface area contributed by atoms with Gasteiger partial charge in [0.25, 0.3) is 0 Å². The van der Waals surface area contributed by atoms with Gasteiger partial charge in [-0.3, -0.25) is 0 Å². The molecule has 0 spiro atoms. The summed E-state index contributed by atoms with van der Waals surface area (Å²) in [5, 5.41) is 0. The Morgan fingerprint density at radius 3 is 1.49 bits per heavy atom. The van der Waals surface area contributed by atoms with E-state index in [2.05, 4.69) is 161 Å². The van der Waals surface area contributed by atoms with Crippen LogP contribution in [0.25, 0.3) is 50.5 Å². The third-order valence-corrected chi connectivity index (χ3v) is 12.5. The van der Waals surface area contributed by atoms with Crippen LogP contribution in [0.5, 0.6) is 5.75 Å². The van der Waals surface area contributed by atoms with Crippen LogP contribution in [0.1, 0.15) is 148 Å². The number of hydrogen-bond donors (Lipinski definition) is 0. The molecule has 6 aromatic rings. The van der Waals surface area contributed by atoms with E-state index in [1.165, 1.54) is 139 Å². The van der Waals surface area contributed by atoms with Crippen molar-refractivity contribution >= 4 is 0 Å². The second-order valence-corrected chi connectivity index (χ2v) is 16.8. The molecular weight excluding hydrogens is 715 g/mol. The molecule has 2 heteroatoms. The Morgan fingerprint density at radius 1 is 0.441 bits per heavy atom. The molecule has 1 aromatic heterocycles. The van der Waals surface area contributed by atoms with E-state index in [4.69, 9.17) is 4.74 Å². The van der Waals surface area contributed by atoms with Crippen LogP contribution in [-0.4, -0.2) is 11.2 Å². The monoisotopic (exact) mass is 788 g/mol. The molecule has 0 N–H and O–H groups in total. The van der Waals surface area contributed by atoms with Crippen LogP contribution in [0.3, 0.4) is 0 Å². The van der Waals surface area contributed by atoms with Crippen LogP contribution in [-0.2, 0) is 5.41 Å². The fourth-order valence-corrected chi connectivity index (χ4v) is 9.29. The van der Waals surface area contributed by atoms with Crippen LogP contribution in [0.15, 0.2) is 121 Å². The van der Waals surface area contributed by atoms with Crippen LogP contribution >= 0.6 is 0 Å². The first-order valence-corrected chi connectivity index (χ1v) is 22.3. The first-order valence-electron chi connectivity index (χ1n) is 22.3. The second kappa shape index (κ2) is 21.4. The lowest BCUT2D eigenvalue weighted by molar-refractivity contribution is 0.305. The van der Waals surface area contributed by atoms with Gasteiger partial charge in [-0.2, -0.15) is 0 Å². The standard InChI is InChI=1S/C55H65NO.2CH4/c1-6-9-12-15-36-55(37-16-13-10-7-2)51-39-42(5)20-32-49(51)50-33-27-46(40-52(50)55)43-23-25-45(26-24-43)54-35-34-53(44-21-18-41(4)19-22-44)56(54)47-28-30-48(31-29-47)57-38-17-14-11-8-3;;/h18-35,39-40H,6-17,36-38H2,1-5H3;2*1H4. The highest BCUT2D eigenvalue weighted by Crippen LogP contribution is 2.55. The van der Waals surface area contributed by atoms with Crippen molar-refractivity contribution in [1.82, 2.24) is 4.57 Å². The lowest BCUT2D eigenvalue weighted by Crippen LogP contribution is -2.25. The predicted octanol–water partition coefficient (Wildman–Crippen LogP) is 17.5. The van der Waals surface area contributed by atoms with Crippen molar-refractivity contribution in [2.24, 2.45) is 0 Å². The van der Waals surface area contributed by atoms with E-state index in [0.717, 1.165) is 24.5 Å². The van der Waals surface area contributed by atoms with Crippen LogP contribution in [0, 0.1) is 13.8 Å². The molecule has 0 aliphatic heterocycles. The van der Waals surface area contributed by atoms with Crippen molar-refractivity contribution in [1.29, 1.82) is 0 Å². The Morgan fingerprint density at radius 2 is 0.915 bits per heavy atom. The minimum atomic E-state index is 0. The number of fused-ring (bicyclic) bond motifs is 3. The number of aryl methyl sites for hydroxylation is 2. The van der Waals surface area contributed by atoms with Gasteiger partial charge in [-0.05, 0) is 120 Å². The first-order chi connectivity index (χ1) is 28.0. The number of benzene rings is 5. The summed E-state index contributed by atoms with van der Waals surface area (Å²) in [5.74, 6) is 0.934. The molecule has 0 amide bonds. The van der Waals surface area contributed by atoms with E-state index in [9.17, 15) is 0 Å². The third kappa shape index (κ3) is 10.1. The number of rotatable bonds is 20. The number of unbranched alkanes of at least 4 members (excludes halogenated alkanes) is 9. The van der Waals surface area contributed by atoms with Gasteiger partial charge in [0.2, 0.25) is 0 Å². The molecule has 2 nitrogen and oxygen atoms in total. The molecule has 1 heterocycles. The van der Waals surface area contributed by atoms with Gasteiger partial charge in [-0.1, -0.05) is 196 Å². The summed E-state index contributed by atoms with van der Waals surface area (Å²) in [7, 11) is 0. The minimum absolute atomic E-state index is 0. The average molecular weight is 788 g/mol. The lowest BCUT2D eigenvalue weighted by atomic mass is 9.70. The summed E-state index contributed by atoms with van der Waals surface area (Å²) in [5.41, 5.74) is 17.3. The predicted molar refractivity (Wildman–Crippen MR) is 258 cm³/mol. The third-order valence-electron chi connectivity index (χ3n) is 12.5. The minimum Gasteiger partial charge on any atom is -0.494 e. The SMILES string of the molecule is C.C.CCCCCCOc1ccc(-n2c(-c3ccc(C)cc3)ccc2-c2ccc(-c3ccc4c(c3)C(CCCCCC)(CCCCCC)c3cc(C)ccc3-4)cc2)cc1. The highest BCUT2D eigenvalue weighted by atomic mass is 16.5. The molecular formula is C57H73NO. The number of ether oxygens (including phenoxy) is 1. The lowest BCUT2D eigenvalue weighted by Gasteiger charge is -2.33. The Kier molecular flexibility index (Phi) is 16.4. The summed E-state index contributed by atoms with van der Waals surface area (Å²) >= 11 is 0. The van der Waals surface area contributed by atoms with Crippen molar-refractivity contribution in [2.45, 2.75) is 145 Å². The summed E-state index contributed by atoms with van der Waals surface area (Å²) in [6, 6.07) is 46.1. The molecule has 1 aliphatic carbocycles. The fraction of sp³-hybridized carbons (Fsp3) is 0.404. The van der Waals surface area contributed by atoms with Gasteiger partial charge in [-0.25, -0.2) is 0 Å². The molecule has 0 bridgehead atoms. The first kappa shape index (κ1) is 45.3. The van der Waals surface area contributed by atoms with Crippen molar-refractivity contribution in [3.63, 3.8) is 0 Å². The van der Waals surface area contributed by atoms with E-state index in [-0.39, 0.29) is 20.3 Å². The zero-order valence-corrected chi connectivity index (χ0v) is 35.5. The number of nitrogens with zero attached hydrogens (tertiary/aromatic N) is 1. The molecule has 0 saturated heterocycles. The molecule has 0 atom stereocenters. The Hall–Kier alpha value is -4.82. The van der Waals surface area contributed by atoms with Crippen molar-refractivity contribution in [3.8, 4) is 56.2 Å². The maximum Gasteiger partial charge on any atom is 0.119 e. The van der Waals surface area contributed by atoms with Gasteiger partial charge >= 0.3 is 0 Å². The molecule has 59 heavy (non-hydrogen) atoms. The van der Waals surface area contributed by atoms with E-state index in [0.29, 0.717) is 0 Å². The molecule has 0 saturated carbocycles. The van der Waals surface area contributed by atoms with Crippen molar-refractivity contribution in [3.05, 3.63) is 144 Å². The fourth-order valence-electron chi connectivity index (χ4n) is 9.29. The molecule has 312 valence electrons. The Labute approximate surface area is 359 Å². The summed E-state index contributed by atoms with van der Waals surface area (Å²) in [6.45, 7) is 12.1. The molecule has 0 fully saturated rings. The zero-order chi connectivity index (χ0) is 39.6. The topological polar surface area (TPSA) is 14.2 Å². The van der Waals surface area contributed by atoms with E-state index < -0.39 is 0 Å². The molecule has 1 aliphatic rings. The summed E-state index contributed by atoms with van der Waals surface area (Å²) < 4.78 is 8.54. The number of aromatic nitrogens is 1. The molecule has 7 rings (SSSR count). The maximum absolute atomic E-state index is 6.14. The number of hydrogen-bond acceptors (Lipinski definition) is 1. The Balaban J connectivity index is 0.00000331. The molecule has 0 unspecified atom stereocenters. The van der Waals surface area contributed by atoms with Crippen LogP contribution in [0.4, 0.5) is 0 Å². The Bertz CT molecular complexity index is 2170. The van der Waals surface area contributed by atoms with Gasteiger partial charge in [0.05, 0.1) is 18.0 Å². The second-order valence-electron chi connectivity index (χ2n) is 16.8. The maximum atomic E-state index is 6.14. The van der Waals surface area contributed by atoms with E-state index in [1.807, 2.05) is 0 Å². The summed E-state index contributed by atoms with van der Waals surface area (Å²) in [4.78, 5) is 0. The van der Waals surface area contributed by atoms with Gasteiger partial charge in [0, 0.05) is 11.1 Å². The van der Waals surface area contributed by atoms with Crippen molar-refractivity contribution < 1.29 is 4.74 Å². The molecule has 5 aromatic carbocycles. The van der Waals surface area contributed by atoms with Crippen molar-refractivity contribution in [2.75, 3.05) is 6.61 Å². The zero-order valence-electron chi connectivity index (χ0n) is 35.5. The van der Waals surface area contributed by atoms with Crippen LogP contribution in [0.2, 0.25) is 0 Å². The van der Waals surface area contributed by atoms with Crippen LogP contribution < -0.4 is 4.74 Å². The summed E-state index contributed by atoms with van der Waals surface area (Å²) in [6.07, 6.45) is 17.7. The highest BCUT2D eigenvalue weighted by molar-refractivity contribution is 5.85. The van der Waals surface area contributed by atoms with E-state index in [1.54, 1.807) is 11.1 Å². The average Bonchev–Trinajstić information content (AvgIpc) is 3.79. The highest BCUT2D eigenvalue weighted by Gasteiger charge is 2.42. The largest absolute Gasteiger partial charge is 0.494 e. The normalized spacial score (nSPS) is 12.4. The molecule has 0 radical (unpaired) electrons.